The molecule has 2 rings (SSSR count). The fraction of sp³-hybridized carbons (Fsp3) is 0.235. The van der Waals surface area contributed by atoms with Crippen LogP contribution in [0.15, 0.2) is 42.5 Å². The maximum absolute atomic E-state index is 11.4. The summed E-state index contributed by atoms with van der Waals surface area (Å²) < 4.78 is 15.7. The maximum atomic E-state index is 11.4. The predicted octanol–water partition coefficient (Wildman–Crippen LogP) is 3.15. The summed E-state index contributed by atoms with van der Waals surface area (Å²) in [5, 5.41) is 10.9. The molecule has 0 amide bonds. The van der Waals surface area contributed by atoms with E-state index in [1.807, 2.05) is 0 Å². The summed E-state index contributed by atoms with van der Waals surface area (Å²) in [7, 11) is 1.31. The lowest BCUT2D eigenvalue weighted by Gasteiger charge is -2.11. The normalized spacial score (nSPS) is 10.1. The first-order valence-electron chi connectivity index (χ1n) is 7.21. The molecule has 0 fully saturated rings. The van der Waals surface area contributed by atoms with Crippen LogP contribution in [0.25, 0.3) is 0 Å². The quantitative estimate of drug-likeness (QED) is 0.335. The Bertz CT molecular complexity index is 744. The summed E-state index contributed by atoms with van der Waals surface area (Å²) in [5.74, 6) is 0.511. The molecule has 0 aromatic heterocycles. The first kappa shape index (κ1) is 17.3. The van der Waals surface area contributed by atoms with Gasteiger partial charge in [0, 0.05) is 6.07 Å². The van der Waals surface area contributed by atoms with Crippen molar-refractivity contribution in [3.8, 4) is 11.5 Å². The smallest absolute Gasteiger partial charge is 0.337 e. The summed E-state index contributed by atoms with van der Waals surface area (Å²) in [5.41, 5.74) is 0.875. The number of benzene rings is 2. The van der Waals surface area contributed by atoms with Crippen LogP contribution in [0.5, 0.6) is 11.5 Å². The Labute approximate surface area is 138 Å². The molecule has 0 saturated heterocycles. The van der Waals surface area contributed by atoms with Gasteiger partial charge in [-0.25, -0.2) is 4.79 Å². The van der Waals surface area contributed by atoms with Crippen molar-refractivity contribution >= 4 is 11.7 Å². The van der Waals surface area contributed by atoms with E-state index in [9.17, 15) is 14.9 Å². The molecule has 0 unspecified atom stereocenters. The lowest BCUT2D eigenvalue weighted by Crippen LogP contribution is -2.10. The van der Waals surface area contributed by atoms with Gasteiger partial charge < -0.3 is 14.2 Å². The van der Waals surface area contributed by atoms with Crippen LogP contribution in [0.3, 0.4) is 0 Å². The van der Waals surface area contributed by atoms with Crippen LogP contribution in [-0.2, 0) is 4.74 Å². The third kappa shape index (κ3) is 4.22. The molecule has 0 aliphatic heterocycles. The zero-order valence-corrected chi connectivity index (χ0v) is 13.4. The molecule has 0 bridgehead atoms. The molecule has 2 aromatic carbocycles. The van der Waals surface area contributed by atoms with Crippen molar-refractivity contribution < 1.29 is 23.9 Å². The standard InChI is InChI=1S/C17H17NO6/c1-12-15(18(20)21)7-4-8-16(12)24-10-9-23-14-6-3-5-13(11-14)17(19)22-2/h3-8,11H,9-10H2,1-2H3. The summed E-state index contributed by atoms with van der Waals surface area (Å²) in [6, 6.07) is 11.3. The van der Waals surface area contributed by atoms with Gasteiger partial charge in [0.2, 0.25) is 0 Å². The van der Waals surface area contributed by atoms with Crippen molar-refractivity contribution in [3.63, 3.8) is 0 Å². The van der Waals surface area contributed by atoms with E-state index in [-0.39, 0.29) is 18.9 Å². The van der Waals surface area contributed by atoms with E-state index < -0.39 is 10.9 Å². The van der Waals surface area contributed by atoms with Crippen LogP contribution in [0.2, 0.25) is 0 Å². The molecule has 2 aromatic rings. The highest BCUT2D eigenvalue weighted by molar-refractivity contribution is 5.89. The summed E-state index contributed by atoms with van der Waals surface area (Å²) >= 11 is 0. The second-order valence-corrected chi connectivity index (χ2v) is 4.87. The lowest BCUT2D eigenvalue weighted by molar-refractivity contribution is -0.385. The molecular formula is C17H17NO6. The van der Waals surface area contributed by atoms with Crippen molar-refractivity contribution in [3.05, 3.63) is 63.7 Å². The first-order valence-corrected chi connectivity index (χ1v) is 7.21. The van der Waals surface area contributed by atoms with Crippen molar-refractivity contribution in [1.29, 1.82) is 0 Å². The third-order valence-corrected chi connectivity index (χ3v) is 3.32. The number of carbonyl (C=O) groups excluding carboxylic acids is 1. The fourth-order valence-electron chi connectivity index (χ4n) is 2.10. The van der Waals surface area contributed by atoms with Gasteiger partial charge in [0.25, 0.3) is 5.69 Å². The molecular weight excluding hydrogens is 314 g/mol. The van der Waals surface area contributed by atoms with Gasteiger partial charge in [-0.1, -0.05) is 12.1 Å². The number of esters is 1. The third-order valence-electron chi connectivity index (χ3n) is 3.32. The number of hydrogen-bond donors (Lipinski definition) is 0. The van der Waals surface area contributed by atoms with E-state index in [0.29, 0.717) is 22.6 Å². The number of hydrogen-bond acceptors (Lipinski definition) is 6. The van der Waals surface area contributed by atoms with Crippen LogP contribution in [0.4, 0.5) is 5.69 Å². The molecule has 0 atom stereocenters. The van der Waals surface area contributed by atoms with Crippen LogP contribution in [-0.4, -0.2) is 31.2 Å². The second-order valence-electron chi connectivity index (χ2n) is 4.87. The number of rotatable bonds is 7. The SMILES string of the molecule is COC(=O)c1cccc(OCCOc2cccc([N+](=O)[O-])c2C)c1. The average molecular weight is 331 g/mol. The number of nitro groups is 1. The van der Waals surface area contributed by atoms with Gasteiger partial charge in [-0.05, 0) is 31.2 Å². The van der Waals surface area contributed by atoms with Gasteiger partial charge in [0.15, 0.2) is 0 Å². The molecule has 0 heterocycles. The average Bonchev–Trinajstić information content (AvgIpc) is 2.59. The summed E-state index contributed by atoms with van der Waals surface area (Å²) in [6.45, 7) is 2.07. The lowest BCUT2D eigenvalue weighted by atomic mass is 10.2. The Morgan fingerprint density at radius 3 is 2.54 bits per heavy atom. The number of methoxy groups -OCH3 is 1. The second kappa shape index (κ2) is 7.96. The Balaban J connectivity index is 1.91. The van der Waals surface area contributed by atoms with E-state index >= 15 is 0 Å². The van der Waals surface area contributed by atoms with Gasteiger partial charge >= 0.3 is 5.97 Å². The number of nitro benzene ring substituents is 1. The van der Waals surface area contributed by atoms with E-state index in [1.165, 1.54) is 13.2 Å². The van der Waals surface area contributed by atoms with Crippen LogP contribution >= 0.6 is 0 Å². The summed E-state index contributed by atoms with van der Waals surface area (Å²) in [6.07, 6.45) is 0. The van der Waals surface area contributed by atoms with Crippen LogP contribution < -0.4 is 9.47 Å². The maximum Gasteiger partial charge on any atom is 0.337 e. The topological polar surface area (TPSA) is 87.9 Å². The minimum Gasteiger partial charge on any atom is -0.490 e. The largest absolute Gasteiger partial charge is 0.490 e. The van der Waals surface area contributed by atoms with Gasteiger partial charge in [-0.2, -0.15) is 0 Å². The highest BCUT2D eigenvalue weighted by Crippen LogP contribution is 2.26. The van der Waals surface area contributed by atoms with Crippen LogP contribution in [0.1, 0.15) is 15.9 Å². The van der Waals surface area contributed by atoms with Crippen LogP contribution in [0, 0.1) is 17.0 Å². The Hall–Kier alpha value is -3.09. The molecule has 0 N–H and O–H groups in total. The monoisotopic (exact) mass is 331 g/mol. The molecule has 0 aliphatic rings. The number of carbonyl (C=O) groups is 1. The zero-order chi connectivity index (χ0) is 17.5. The predicted molar refractivity (Wildman–Crippen MR) is 86.6 cm³/mol. The molecule has 0 radical (unpaired) electrons. The Kier molecular flexibility index (Phi) is 5.73. The molecule has 7 nitrogen and oxygen atoms in total. The first-order chi connectivity index (χ1) is 11.5. The molecule has 0 spiro atoms. The Morgan fingerprint density at radius 2 is 1.83 bits per heavy atom. The van der Waals surface area contributed by atoms with E-state index in [1.54, 1.807) is 43.3 Å². The van der Waals surface area contributed by atoms with Crippen molar-refractivity contribution in [2.45, 2.75) is 6.92 Å². The van der Waals surface area contributed by atoms with Crippen molar-refractivity contribution in [2.24, 2.45) is 0 Å². The molecule has 126 valence electrons. The van der Waals surface area contributed by atoms with E-state index in [4.69, 9.17) is 9.47 Å². The number of nitrogens with zero attached hydrogens (tertiary/aromatic N) is 1. The minimum absolute atomic E-state index is 0.0131. The van der Waals surface area contributed by atoms with Gasteiger partial charge in [0.1, 0.15) is 24.7 Å². The van der Waals surface area contributed by atoms with Crippen molar-refractivity contribution in [2.75, 3.05) is 20.3 Å². The van der Waals surface area contributed by atoms with Crippen molar-refractivity contribution in [1.82, 2.24) is 0 Å². The molecule has 7 heteroatoms. The molecule has 24 heavy (non-hydrogen) atoms. The Morgan fingerprint density at radius 1 is 1.12 bits per heavy atom. The van der Waals surface area contributed by atoms with Gasteiger partial charge in [-0.15, -0.1) is 0 Å². The zero-order valence-electron chi connectivity index (χ0n) is 13.4. The van der Waals surface area contributed by atoms with Gasteiger partial charge in [0.05, 0.1) is 23.2 Å². The number of ether oxygens (including phenoxy) is 3. The fourth-order valence-corrected chi connectivity index (χ4v) is 2.10. The molecule has 0 aliphatic carbocycles. The van der Waals surface area contributed by atoms with E-state index in [0.717, 1.165) is 0 Å². The highest BCUT2D eigenvalue weighted by atomic mass is 16.6. The van der Waals surface area contributed by atoms with E-state index in [2.05, 4.69) is 4.74 Å². The minimum atomic E-state index is -0.447. The highest BCUT2D eigenvalue weighted by Gasteiger charge is 2.14. The van der Waals surface area contributed by atoms with Gasteiger partial charge in [-0.3, -0.25) is 10.1 Å². The molecule has 0 saturated carbocycles. The summed E-state index contributed by atoms with van der Waals surface area (Å²) in [4.78, 5) is 21.9.